The molecule has 0 spiro atoms. The summed E-state index contributed by atoms with van der Waals surface area (Å²) < 4.78 is 0. The molecule has 2 heteroatoms. The van der Waals surface area contributed by atoms with Gasteiger partial charge in [-0.3, -0.25) is 4.79 Å². The summed E-state index contributed by atoms with van der Waals surface area (Å²) in [7, 11) is 0. The second kappa shape index (κ2) is 4.37. The van der Waals surface area contributed by atoms with Gasteiger partial charge in [-0.25, -0.2) is 0 Å². The molecule has 0 amide bonds. The molecule has 1 atom stereocenters. The van der Waals surface area contributed by atoms with E-state index in [2.05, 4.69) is 6.07 Å². The first-order valence-electron chi connectivity index (χ1n) is 6.33. The Kier molecular flexibility index (Phi) is 2.68. The maximum Gasteiger partial charge on any atom is 0.193 e. The Morgan fingerprint density at radius 3 is 2.74 bits per heavy atom. The number of aryl methyl sites for hydroxylation is 1. The molecule has 0 bridgehead atoms. The number of carbonyl (C=O) groups is 1. The molecule has 0 saturated heterocycles. The molecule has 2 aromatic carbocycles. The fourth-order valence-corrected chi connectivity index (χ4v) is 2.68. The van der Waals surface area contributed by atoms with Crippen LogP contribution in [0, 0.1) is 18.3 Å². The zero-order valence-electron chi connectivity index (χ0n) is 10.7. The van der Waals surface area contributed by atoms with Gasteiger partial charge in [0.15, 0.2) is 5.78 Å². The Bertz CT molecular complexity index is 709. The van der Waals surface area contributed by atoms with Crippen molar-refractivity contribution in [3.05, 3.63) is 70.3 Å². The predicted octanol–water partition coefficient (Wildman–Crippen LogP) is 3.39. The van der Waals surface area contributed by atoms with Gasteiger partial charge in [-0.2, -0.15) is 5.26 Å². The van der Waals surface area contributed by atoms with E-state index in [0.29, 0.717) is 12.0 Å². The summed E-state index contributed by atoms with van der Waals surface area (Å²) in [5.74, 6) is -0.213. The fourth-order valence-electron chi connectivity index (χ4n) is 2.68. The van der Waals surface area contributed by atoms with Crippen LogP contribution in [0.2, 0.25) is 0 Å². The lowest BCUT2D eigenvalue weighted by atomic mass is 9.91. The Hall–Kier alpha value is -2.40. The zero-order chi connectivity index (χ0) is 13.4. The molecular weight excluding hydrogens is 234 g/mol. The van der Waals surface area contributed by atoms with Crippen LogP contribution in [0.15, 0.2) is 42.5 Å². The highest BCUT2D eigenvalue weighted by molar-refractivity contribution is 6.11. The molecular formula is C17H13NO. The number of nitriles is 1. The number of ketones is 1. The molecule has 92 valence electrons. The summed E-state index contributed by atoms with van der Waals surface area (Å²) in [6.45, 7) is 1.96. The van der Waals surface area contributed by atoms with Gasteiger partial charge in [-0.15, -0.1) is 0 Å². The monoisotopic (exact) mass is 247 g/mol. The summed E-state index contributed by atoms with van der Waals surface area (Å²) in [5, 5.41) is 9.38. The summed E-state index contributed by atoms with van der Waals surface area (Å²) >= 11 is 0. The van der Waals surface area contributed by atoms with Crippen molar-refractivity contribution in [1.82, 2.24) is 0 Å². The first kappa shape index (κ1) is 11.7. The van der Waals surface area contributed by atoms with Crippen LogP contribution in [-0.4, -0.2) is 5.78 Å². The van der Waals surface area contributed by atoms with Crippen molar-refractivity contribution in [3.8, 4) is 6.07 Å². The third-order valence-electron chi connectivity index (χ3n) is 3.67. The molecule has 2 aromatic rings. The van der Waals surface area contributed by atoms with Crippen LogP contribution in [0.1, 0.15) is 38.5 Å². The fraction of sp³-hybridized carbons (Fsp3) is 0.176. The van der Waals surface area contributed by atoms with E-state index >= 15 is 0 Å². The Balaban J connectivity index is 2.29. The summed E-state index contributed by atoms with van der Waals surface area (Å²) in [4.78, 5) is 12.6. The highest BCUT2D eigenvalue weighted by Crippen LogP contribution is 2.32. The molecule has 1 aliphatic carbocycles. The number of fused-ring (bicyclic) bond motifs is 2. The zero-order valence-corrected chi connectivity index (χ0v) is 10.7. The lowest BCUT2D eigenvalue weighted by Crippen LogP contribution is -2.05. The van der Waals surface area contributed by atoms with Crippen molar-refractivity contribution in [2.45, 2.75) is 19.3 Å². The molecule has 2 nitrogen and oxygen atoms in total. The van der Waals surface area contributed by atoms with E-state index in [1.165, 1.54) is 0 Å². The highest BCUT2D eigenvalue weighted by Gasteiger charge is 2.26. The van der Waals surface area contributed by atoms with Crippen LogP contribution >= 0.6 is 0 Å². The minimum Gasteiger partial charge on any atom is -0.289 e. The largest absolute Gasteiger partial charge is 0.289 e. The minimum absolute atomic E-state index is 0.0343. The summed E-state index contributed by atoms with van der Waals surface area (Å²) in [5.41, 5.74) is 4.27. The second-order valence-electron chi connectivity index (χ2n) is 4.96. The van der Waals surface area contributed by atoms with Gasteiger partial charge in [-0.1, -0.05) is 42.0 Å². The van der Waals surface area contributed by atoms with E-state index in [4.69, 9.17) is 0 Å². The second-order valence-corrected chi connectivity index (χ2v) is 4.96. The highest BCUT2D eigenvalue weighted by atomic mass is 16.1. The molecule has 3 rings (SSSR count). The van der Waals surface area contributed by atoms with Crippen molar-refractivity contribution in [1.29, 1.82) is 5.26 Å². The van der Waals surface area contributed by atoms with Crippen LogP contribution in [0.5, 0.6) is 0 Å². The lowest BCUT2D eigenvalue weighted by molar-refractivity contribution is 0.103. The number of nitrogens with zero attached hydrogens (tertiary/aromatic N) is 1. The first-order valence-corrected chi connectivity index (χ1v) is 6.33. The molecule has 0 saturated carbocycles. The normalized spacial score (nSPS) is 17.1. The molecule has 1 aliphatic rings. The van der Waals surface area contributed by atoms with Gasteiger partial charge >= 0.3 is 0 Å². The molecule has 0 fully saturated rings. The molecule has 19 heavy (non-hydrogen) atoms. The van der Waals surface area contributed by atoms with Crippen LogP contribution < -0.4 is 0 Å². The van der Waals surface area contributed by atoms with Gasteiger partial charge in [-0.05, 0) is 30.5 Å². The van der Waals surface area contributed by atoms with E-state index in [1.54, 1.807) is 0 Å². The van der Waals surface area contributed by atoms with E-state index in [9.17, 15) is 10.1 Å². The molecule has 1 unspecified atom stereocenters. The third-order valence-corrected chi connectivity index (χ3v) is 3.67. The van der Waals surface area contributed by atoms with E-state index in [1.807, 2.05) is 49.4 Å². The first-order chi connectivity index (χ1) is 9.20. The van der Waals surface area contributed by atoms with E-state index < -0.39 is 0 Å². The SMILES string of the molecule is Cc1ccc2c(c1)C(=O)c1ccccc1CC2C#N. The predicted molar refractivity (Wildman–Crippen MR) is 73.1 cm³/mol. The van der Waals surface area contributed by atoms with Gasteiger partial charge in [0.1, 0.15) is 0 Å². The maximum absolute atomic E-state index is 12.6. The molecule has 0 aromatic heterocycles. The average molecular weight is 247 g/mol. The summed E-state index contributed by atoms with van der Waals surface area (Å²) in [6, 6.07) is 15.7. The summed E-state index contributed by atoms with van der Waals surface area (Å²) in [6.07, 6.45) is 0.606. The molecule has 0 heterocycles. The average Bonchev–Trinajstić information content (AvgIpc) is 2.55. The van der Waals surface area contributed by atoms with Crippen molar-refractivity contribution in [2.24, 2.45) is 0 Å². The van der Waals surface area contributed by atoms with Gasteiger partial charge < -0.3 is 0 Å². The quantitative estimate of drug-likeness (QED) is 0.716. The van der Waals surface area contributed by atoms with E-state index in [0.717, 1.165) is 22.3 Å². The van der Waals surface area contributed by atoms with Crippen LogP contribution in [0.25, 0.3) is 0 Å². The van der Waals surface area contributed by atoms with Crippen molar-refractivity contribution in [2.75, 3.05) is 0 Å². The number of benzene rings is 2. The van der Waals surface area contributed by atoms with Crippen molar-refractivity contribution < 1.29 is 4.79 Å². The van der Waals surface area contributed by atoms with Gasteiger partial charge in [0.2, 0.25) is 0 Å². The Labute approximate surface area is 112 Å². The van der Waals surface area contributed by atoms with Crippen LogP contribution in [0.3, 0.4) is 0 Å². The molecule has 0 radical (unpaired) electrons. The number of carbonyl (C=O) groups excluding carboxylic acids is 1. The van der Waals surface area contributed by atoms with Crippen LogP contribution in [0.4, 0.5) is 0 Å². The lowest BCUT2D eigenvalue weighted by Gasteiger charge is -2.09. The topological polar surface area (TPSA) is 40.9 Å². The van der Waals surface area contributed by atoms with Gasteiger partial charge in [0, 0.05) is 11.1 Å². The Morgan fingerprint density at radius 2 is 1.95 bits per heavy atom. The maximum atomic E-state index is 12.6. The Morgan fingerprint density at radius 1 is 1.16 bits per heavy atom. The third kappa shape index (κ3) is 1.84. The van der Waals surface area contributed by atoms with Gasteiger partial charge in [0.25, 0.3) is 0 Å². The van der Waals surface area contributed by atoms with Crippen LogP contribution in [-0.2, 0) is 6.42 Å². The standard InChI is InChI=1S/C17H13NO/c1-11-6-7-14-13(10-18)9-12-4-2-3-5-15(12)17(19)16(14)8-11/h2-8,13H,9H2,1H3. The van der Waals surface area contributed by atoms with Crippen molar-refractivity contribution in [3.63, 3.8) is 0 Å². The smallest absolute Gasteiger partial charge is 0.193 e. The van der Waals surface area contributed by atoms with E-state index in [-0.39, 0.29) is 11.7 Å². The minimum atomic E-state index is -0.247. The molecule has 0 N–H and O–H groups in total. The van der Waals surface area contributed by atoms with Gasteiger partial charge in [0.05, 0.1) is 12.0 Å². The number of hydrogen-bond donors (Lipinski definition) is 0. The number of rotatable bonds is 0. The molecule has 0 aliphatic heterocycles. The van der Waals surface area contributed by atoms with Crippen molar-refractivity contribution >= 4 is 5.78 Å². The number of hydrogen-bond acceptors (Lipinski definition) is 2.